The molecule has 0 aliphatic rings. The summed E-state index contributed by atoms with van der Waals surface area (Å²) in [6, 6.07) is 0. The van der Waals surface area contributed by atoms with Crippen LogP contribution in [0.1, 0.15) is 63.7 Å². The summed E-state index contributed by atoms with van der Waals surface area (Å²) < 4.78 is 0. The Bertz CT molecular complexity index is 570. The van der Waals surface area contributed by atoms with Crippen LogP contribution in [0.4, 0.5) is 0 Å². The average molecular weight is 367 g/mol. The molecule has 0 aliphatic heterocycles. The van der Waals surface area contributed by atoms with E-state index < -0.39 is 0 Å². The minimum Gasteiger partial charge on any atom is -0.219 e. The lowest BCUT2D eigenvalue weighted by atomic mass is 10.1. The highest BCUT2D eigenvalue weighted by atomic mass is 35.5. The Balaban J connectivity index is 0.000000391. The quantitative estimate of drug-likeness (QED) is 0.779. The van der Waals surface area contributed by atoms with Crippen molar-refractivity contribution in [2.24, 2.45) is 11.8 Å². The number of hydrogen-bond acceptors (Lipinski definition) is 6. The highest BCUT2D eigenvalue weighted by Gasteiger charge is 2.02. The molecule has 0 atom stereocenters. The summed E-state index contributed by atoms with van der Waals surface area (Å²) >= 11 is 5.49. The first-order valence-corrected chi connectivity index (χ1v) is 8.90. The van der Waals surface area contributed by atoms with Crippen molar-refractivity contribution in [3.05, 3.63) is 34.4 Å². The number of aryl methyl sites for hydroxylation is 4. The van der Waals surface area contributed by atoms with Gasteiger partial charge in [-0.25, -0.2) is 29.9 Å². The summed E-state index contributed by atoms with van der Waals surface area (Å²) in [6.07, 6.45) is 0.935. The van der Waals surface area contributed by atoms with E-state index >= 15 is 0 Å². The fraction of sp³-hybridized carbons (Fsp3) is 0.667. The zero-order valence-electron chi connectivity index (χ0n) is 16.9. The number of halogens is 1. The van der Waals surface area contributed by atoms with E-state index in [1.165, 1.54) is 0 Å². The van der Waals surface area contributed by atoms with E-state index in [9.17, 15) is 0 Å². The van der Waals surface area contributed by atoms with Crippen molar-refractivity contribution in [2.75, 3.05) is 0 Å². The molecule has 0 N–H and O–H groups in total. The van der Waals surface area contributed by atoms with E-state index in [4.69, 9.17) is 11.6 Å². The minimum atomic E-state index is 0.264. The minimum absolute atomic E-state index is 0.264. The molecule has 0 unspecified atom stereocenters. The van der Waals surface area contributed by atoms with Crippen molar-refractivity contribution < 1.29 is 0 Å². The van der Waals surface area contributed by atoms with Gasteiger partial charge in [0.05, 0.1) is 0 Å². The maximum absolute atomic E-state index is 5.49. The molecule has 0 aromatic carbocycles. The standard InChI is InChI=1S/C9H15N3.C5H6ClN3.C4H10/c1-6(2)5-9-11-7(3)10-8(4)12-9;1-3-7-4(2)9-5(6)8-3;1-4(2)3/h6H,5H2,1-4H3;1-2H3;4H,1-3H3. The third kappa shape index (κ3) is 13.3. The molecule has 2 rings (SSSR count). The Hall–Kier alpha value is -1.69. The highest BCUT2D eigenvalue weighted by Crippen LogP contribution is 2.02. The highest BCUT2D eigenvalue weighted by molar-refractivity contribution is 6.28. The molecule has 140 valence electrons. The summed E-state index contributed by atoms with van der Waals surface area (Å²) in [5, 5.41) is 0.264. The second kappa shape index (κ2) is 11.8. The zero-order chi connectivity index (χ0) is 19.6. The van der Waals surface area contributed by atoms with Gasteiger partial charge in [-0.1, -0.05) is 34.6 Å². The van der Waals surface area contributed by atoms with Gasteiger partial charge in [-0.05, 0) is 51.1 Å². The molecule has 6 nitrogen and oxygen atoms in total. The smallest absolute Gasteiger partial charge is 0.219 e. The molecule has 0 radical (unpaired) electrons. The maximum Gasteiger partial charge on any atom is 0.225 e. The van der Waals surface area contributed by atoms with Gasteiger partial charge in [0.25, 0.3) is 0 Å². The first-order valence-electron chi connectivity index (χ1n) is 8.52. The van der Waals surface area contributed by atoms with Crippen LogP contribution in [0, 0.1) is 39.5 Å². The monoisotopic (exact) mass is 366 g/mol. The molecule has 2 heterocycles. The Morgan fingerprint density at radius 2 is 0.960 bits per heavy atom. The van der Waals surface area contributed by atoms with Crippen LogP contribution < -0.4 is 0 Å². The van der Waals surface area contributed by atoms with E-state index in [1.54, 1.807) is 13.8 Å². The first-order chi connectivity index (χ1) is 11.5. The van der Waals surface area contributed by atoms with Gasteiger partial charge in [-0.3, -0.25) is 0 Å². The predicted octanol–water partition coefficient (Wildman–Crippen LogP) is 4.49. The molecule has 2 aromatic heterocycles. The van der Waals surface area contributed by atoms with Crippen LogP contribution in [0.2, 0.25) is 5.28 Å². The fourth-order valence-corrected chi connectivity index (χ4v) is 1.96. The molecule has 2 aromatic rings. The Labute approximate surface area is 157 Å². The molecule has 0 spiro atoms. The van der Waals surface area contributed by atoms with Crippen LogP contribution >= 0.6 is 11.6 Å². The van der Waals surface area contributed by atoms with Crippen molar-refractivity contribution >= 4 is 11.6 Å². The average Bonchev–Trinajstić information content (AvgIpc) is 2.34. The van der Waals surface area contributed by atoms with Gasteiger partial charge < -0.3 is 0 Å². The van der Waals surface area contributed by atoms with Crippen molar-refractivity contribution in [3.63, 3.8) is 0 Å². The number of aromatic nitrogens is 6. The largest absolute Gasteiger partial charge is 0.225 e. The fourth-order valence-electron chi connectivity index (χ4n) is 1.72. The van der Waals surface area contributed by atoms with E-state index in [-0.39, 0.29) is 5.28 Å². The topological polar surface area (TPSA) is 77.3 Å². The Kier molecular flexibility index (Phi) is 11.0. The lowest BCUT2D eigenvalue weighted by Gasteiger charge is -2.04. The van der Waals surface area contributed by atoms with Crippen LogP contribution in [0.5, 0.6) is 0 Å². The van der Waals surface area contributed by atoms with Crippen LogP contribution in [-0.2, 0) is 6.42 Å². The predicted molar refractivity (Wildman–Crippen MR) is 103 cm³/mol. The maximum atomic E-state index is 5.49. The van der Waals surface area contributed by atoms with Gasteiger partial charge in [0, 0.05) is 6.42 Å². The van der Waals surface area contributed by atoms with Gasteiger partial charge in [0.1, 0.15) is 29.1 Å². The first kappa shape index (κ1) is 23.3. The van der Waals surface area contributed by atoms with E-state index in [2.05, 4.69) is 64.5 Å². The van der Waals surface area contributed by atoms with Gasteiger partial charge >= 0.3 is 0 Å². The number of rotatable bonds is 2. The van der Waals surface area contributed by atoms with Crippen LogP contribution in [0.25, 0.3) is 0 Å². The summed E-state index contributed by atoms with van der Waals surface area (Å²) in [6.45, 7) is 18.2. The zero-order valence-corrected chi connectivity index (χ0v) is 17.7. The van der Waals surface area contributed by atoms with Crippen molar-refractivity contribution in [2.45, 2.75) is 68.7 Å². The van der Waals surface area contributed by atoms with Gasteiger partial charge in [-0.15, -0.1) is 0 Å². The normalized spacial score (nSPS) is 10.1. The van der Waals surface area contributed by atoms with E-state index in [1.807, 2.05) is 13.8 Å². The molecule has 0 aliphatic carbocycles. The Morgan fingerprint density at radius 3 is 1.24 bits per heavy atom. The lowest BCUT2D eigenvalue weighted by molar-refractivity contribution is 0.611. The summed E-state index contributed by atoms with van der Waals surface area (Å²) in [4.78, 5) is 24.1. The summed E-state index contributed by atoms with van der Waals surface area (Å²) in [5.41, 5.74) is 0. The molecule has 0 bridgehead atoms. The van der Waals surface area contributed by atoms with E-state index in [0.717, 1.165) is 29.8 Å². The number of hydrogen-bond donors (Lipinski definition) is 0. The molecular weight excluding hydrogens is 336 g/mol. The molecule has 0 amide bonds. The number of nitrogens with zero attached hydrogens (tertiary/aromatic N) is 6. The summed E-state index contributed by atoms with van der Waals surface area (Å²) in [5.74, 6) is 5.30. The Morgan fingerprint density at radius 1 is 0.640 bits per heavy atom. The van der Waals surface area contributed by atoms with Gasteiger partial charge in [0.2, 0.25) is 5.28 Å². The van der Waals surface area contributed by atoms with E-state index in [0.29, 0.717) is 17.6 Å². The van der Waals surface area contributed by atoms with Crippen LogP contribution in [0.15, 0.2) is 0 Å². The molecule has 25 heavy (non-hydrogen) atoms. The third-order valence-corrected chi connectivity index (χ3v) is 2.50. The van der Waals surface area contributed by atoms with Gasteiger partial charge in [-0.2, -0.15) is 0 Å². The van der Waals surface area contributed by atoms with Crippen LogP contribution in [-0.4, -0.2) is 29.9 Å². The molecule has 0 fully saturated rings. The second-order valence-corrected chi connectivity index (χ2v) is 7.21. The molecule has 0 saturated heterocycles. The molecular formula is C18H31ClN6. The SMILES string of the molecule is CC(C)C.Cc1nc(C)nc(CC(C)C)n1.Cc1nc(C)nc(Cl)n1. The molecule has 7 heteroatoms. The van der Waals surface area contributed by atoms with Crippen molar-refractivity contribution in [3.8, 4) is 0 Å². The molecule has 0 saturated carbocycles. The third-order valence-electron chi connectivity index (χ3n) is 2.33. The van der Waals surface area contributed by atoms with Gasteiger partial charge in [0.15, 0.2) is 0 Å². The van der Waals surface area contributed by atoms with Crippen molar-refractivity contribution in [1.29, 1.82) is 0 Å². The second-order valence-electron chi connectivity index (χ2n) is 6.87. The summed E-state index contributed by atoms with van der Waals surface area (Å²) in [7, 11) is 0. The van der Waals surface area contributed by atoms with Crippen molar-refractivity contribution in [1.82, 2.24) is 29.9 Å². The lowest BCUT2D eigenvalue weighted by Crippen LogP contribution is -2.05. The van der Waals surface area contributed by atoms with Crippen LogP contribution in [0.3, 0.4) is 0 Å².